The fourth-order valence-electron chi connectivity index (χ4n) is 2.44. The molecule has 8 heteroatoms. The second-order valence-corrected chi connectivity index (χ2v) is 6.88. The molecule has 0 bridgehead atoms. The molecular formula is C17H21BFN3O3. The van der Waals surface area contributed by atoms with Crippen LogP contribution < -0.4 is 4.74 Å². The van der Waals surface area contributed by atoms with Crippen LogP contribution in [0.25, 0.3) is 11.8 Å². The molecule has 1 fully saturated rings. The van der Waals surface area contributed by atoms with Gasteiger partial charge in [-0.3, -0.25) is 0 Å². The molecule has 0 atom stereocenters. The SMILES string of the molecule is COc1ccccc1-n1cc(C=C(F)B2OC(C)(C)C(C)(C)O2)nn1. The Labute approximate surface area is 146 Å². The Hall–Kier alpha value is -2.19. The van der Waals surface area contributed by atoms with E-state index in [2.05, 4.69) is 10.3 Å². The number of methoxy groups -OCH3 is 1. The molecule has 0 amide bonds. The first kappa shape index (κ1) is 17.6. The molecular weight excluding hydrogens is 324 g/mol. The van der Waals surface area contributed by atoms with Crippen LogP contribution in [0.15, 0.2) is 36.2 Å². The predicted molar refractivity (Wildman–Crippen MR) is 93.1 cm³/mol. The maximum absolute atomic E-state index is 14.5. The Balaban J connectivity index is 1.83. The van der Waals surface area contributed by atoms with Crippen LogP contribution in [-0.2, 0) is 9.31 Å². The van der Waals surface area contributed by atoms with Crippen molar-refractivity contribution in [2.75, 3.05) is 7.11 Å². The lowest BCUT2D eigenvalue weighted by Crippen LogP contribution is -2.41. The van der Waals surface area contributed by atoms with Gasteiger partial charge in [-0.15, -0.1) is 5.10 Å². The van der Waals surface area contributed by atoms with Gasteiger partial charge >= 0.3 is 7.12 Å². The van der Waals surface area contributed by atoms with Crippen LogP contribution >= 0.6 is 0 Å². The maximum atomic E-state index is 14.5. The molecule has 2 heterocycles. The van der Waals surface area contributed by atoms with Gasteiger partial charge in [-0.05, 0) is 45.9 Å². The Morgan fingerprint density at radius 3 is 2.48 bits per heavy atom. The van der Waals surface area contributed by atoms with Crippen LogP contribution in [0.5, 0.6) is 5.75 Å². The van der Waals surface area contributed by atoms with E-state index in [0.29, 0.717) is 17.1 Å². The van der Waals surface area contributed by atoms with Gasteiger partial charge in [0.1, 0.15) is 22.9 Å². The van der Waals surface area contributed by atoms with Crippen molar-refractivity contribution in [3.05, 3.63) is 41.9 Å². The van der Waals surface area contributed by atoms with Crippen LogP contribution in [0.3, 0.4) is 0 Å². The molecule has 0 unspecified atom stereocenters. The smallest absolute Gasteiger partial charge is 0.494 e. The highest BCUT2D eigenvalue weighted by Gasteiger charge is 2.53. The Morgan fingerprint density at radius 1 is 1.20 bits per heavy atom. The third-order valence-electron chi connectivity index (χ3n) is 4.61. The van der Waals surface area contributed by atoms with Crippen LogP contribution in [0, 0.1) is 0 Å². The highest BCUT2D eigenvalue weighted by atomic mass is 19.1. The summed E-state index contributed by atoms with van der Waals surface area (Å²) in [6.45, 7) is 7.49. The van der Waals surface area contributed by atoms with Crippen molar-refractivity contribution in [2.45, 2.75) is 38.9 Å². The van der Waals surface area contributed by atoms with Gasteiger partial charge in [0.2, 0.25) is 0 Å². The molecule has 0 spiro atoms. The third kappa shape index (κ3) is 3.32. The number of aromatic nitrogens is 3. The van der Waals surface area contributed by atoms with Crippen molar-refractivity contribution in [3.8, 4) is 11.4 Å². The van der Waals surface area contributed by atoms with Crippen molar-refractivity contribution in [3.63, 3.8) is 0 Å². The van der Waals surface area contributed by atoms with Crippen LogP contribution in [0.1, 0.15) is 33.4 Å². The topological polar surface area (TPSA) is 58.4 Å². The molecule has 1 aromatic heterocycles. The first-order valence-electron chi connectivity index (χ1n) is 8.02. The largest absolute Gasteiger partial charge is 0.525 e. The quantitative estimate of drug-likeness (QED) is 0.797. The molecule has 1 aromatic carbocycles. The number of rotatable bonds is 4. The van der Waals surface area contributed by atoms with Crippen molar-refractivity contribution >= 4 is 13.2 Å². The molecule has 25 heavy (non-hydrogen) atoms. The first-order chi connectivity index (χ1) is 11.7. The van der Waals surface area contributed by atoms with Gasteiger partial charge < -0.3 is 14.0 Å². The molecule has 6 nitrogen and oxygen atoms in total. The van der Waals surface area contributed by atoms with E-state index in [9.17, 15) is 4.39 Å². The van der Waals surface area contributed by atoms with Crippen LogP contribution in [0.2, 0.25) is 0 Å². The summed E-state index contributed by atoms with van der Waals surface area (Å²) in [6.07, 6.45) is 2.88. The molecule has 0 radical (unpaired) electrons. The van der Waals surface area contributed by atoms with E-state index in [1.54, 1.807) is 13.3 Å². The molecule has 1 saturated heterocycles. The zero-order valence-electron chi connectivity index (χ0n) is 15.0. The van der Waals surface area contributed by atoms with Crippen LogP contribution in [-0.4, -0.2) is 40.4 Å². The molecule has 132 valence electrons. The zero-order valence-corrected chi connectivity index (χ0v) is 15.0. The maximum Gasteiger partial charge on any atom is 0.525 e. The molecule has 2 aromatic rings. The van der Waals surface area contributed by atoms with Gasteiger partial charge in [0.15, 0.2) is 0 Å². The highest BCUT2D eigenvalue weighted by molar-refractivity contribution is 6.54. The molecule has 0 N–H and O–H groups in total. The van der Waals surface area contributed by atoms with Gasteiger partial charge in [0.05, 0.1) is 24.5 Å². The lowest BCUT2D eigenvalue weighted by molar-refractivity contribution is 0.00578. The lowest BCUT2D eigenvalue weighted by Gasteiger charge is -2.32. The number of hydrogen-bond acceptors (Lipinski definition) is 5. The minimum absolute atomic E-state index is 0.359. The second-order valence-electron chi connectivity index (χ2n) is 6.88. The van der Waals surface area contributed by atoms with Gasteiger partial charge in [-0.1, -0.05) is 17.3 Å². The van der Waals surface area contributed by atoms with E-state index in [0.717, 1.165) is 0 Å². The minimum atomic E-state index is -1.05. The highest BCUT2D eigenvalue weighted by Crippen LogP contribution is 2.39. The summed E-state index contributed by atoms with van der Waals surface area (Å²) in [5.41, 5.74) is -0.674. The fraction of sp³-hybridized carbons (Fsp3) is 0.412. The van der Waals surface area contributed by atoms with Crippen molar-refractivity contribution < 1.29 is 18.4 Å². The summed E-state index contributed by atoms with van der Waals surface area (Å²) in [6, 6.07) is 7.38. The zero-order chi connectivity index (χ0) is 18.2. The summed E-state index contributed by atoms with van der Waals surface area (Å²) >= 11 is 0. The molecule has 1 aliphatic rings. The molecule has 3 rings (SSSR count). The molecule has 1 aliphatic heterocycles. The normalized spacial score (nSPS) is 19.3. The molecule has 0 aliphatic carbocycles. The van der Waals surface area contributed by atoms with Gasteiger partial charge in [-0.25, -0.2) is 9.07 Å². The van der Waals surface area contributed by atoms with E-state index < -0.39 is 24.0 Å². The Bertz CT molecular complexity index is 788. The molecule has 0 saturated carbocycles. The second kappa shape index (κ2) is 6.27. The summed E-state index contributed by atoms with van der Waals surface area (Å²) in [5, 5.41) is 8.01. The fourth-order valence-corrected chi connectivity index (χ4v) is 2.44. The van der Waals surface area contributed by atoms with E-state index in [1.165, 1.54) is 10.8 Å². The number of para-hydroxylation sites is 2. The number of ether oxygens (including phenoxy) is 1. The summed E-state index contributed by atoms with van der Waals surface area (Å²) < 4.78 is 32.7. The van der Waals surface area contributed by atoms with Crippen molar-refractivity contribution in [1.82, 2.24) is 15.0 Å². The number of halogens is 1. The number of benzene rings is 1. The average Bonchev–Trinajstić information content (AvgIpc) is 3.09. The Kier molecular flexibility index (Phi) is 4.42. The first-order valence-corrected chi connectivity index (χ1v) is 8.02. The standard InChI is InChI=1S/C17H21BFN3O3/c1-16(2)17(3,4)25-18(24-16)15(19)10-12-11-22(21-20-12)13-8-6-7-9-14(13)23-5/h6-11H,1-5H3. The van der Waals surface area contributed by atoms with Crippen LogP contribution in [0.4, 0.5) is 4.39 Å². The monoisotopic (exact) mass is 345 g/mol. The summed E-state index contributed by atoms with van der Waals surface area (Å²) in [5.74, 6) is 0.648. The Morgan fingerprint density at radius 2 is 1.84 bits per heavy atom. The third-order valence-corrected chi connectivity index (χ3v) is 4.61. The minimum Gasteiger partial charge on any atom is -0.494 e. The summed E-state index contributed by atoms with van der Waals surface area (Å²) in [7, 11) is 0.524. The van der Waals surface area contributed by atoms with E-state index >= 15 is 0 Å². The van der Waals surface area contributed by atoms with Gasteiger partial charge in [0.25, 0.3) is 0 Å². The number of nitrogens with zero attached hydrogens (tertiary/aromatic N) is 3. The van der Waals surface area contributed by atoms with Crippen molar-refractivity contribution in [2.24, 2.45) is 0 Å². The van der Waals surface area contributed by atoms with E-state index in [-0.39, 0.29) is 0 Å². The van der Waals surface area contributed by atoms with Gasteiger partial charge in [0, 0.05) is 0 Å². The van der Waals surface area contributed by atoms with E-state index in [1.807, 2.05) is 52.0 Å². The van der Waals surface area contributed by atoms with E-state index in [4.69, 9.17) is 14.0 Å². The van der Waals surface area contributed by atoms with Crippen molar-refractivity contribution in [1.29, 1.82) is 0 Å². The predicted octanol–water partition coefficient (Wildman–Crippen LogP) is 3.22. The van der Waals surface area contributed by atoms with Gasteiger partial charge in [-0.2, -0.15) is 0 Å². The lowest BCUT2D eigenvalue weighted by atomic mass is 9.87. The number of hydrogen-bond donors (Lipinski definition) is 0. The summed E-state index contributed by atoms with van der Waals surface area (Å²) in [4.78, 5) is 0. The average molecular weight is 345 g/mol.